The van der Waals surface area contributed by atoms with Gasteiger partial charge >= 0.3 is 0 Å². The van der Waals surface area contributed by atoms with Gasteiger partial charge in [0.25, 0.3) is 0 Å². The minimum absolute atomic E-state index is 0.816. The summed E-state index contributed by atoms with van der Waals surface area (Å²) in [5.41, 5.74) is 6.85. The molecule has 0 bridgehead atoms. The van der Waals surface area contributed by atoms with Crippen molar-refractivity contribution in [1.82, 2.24) is 15.4 Å². The van der Waals surface area contributed by atoms with Crippen molar-refractivity contribution in [3.05, 3.63) is 65.8 Å². The Hall–Kier alpha value is -2.17. The smallest absolute Gasteiger partial charge is 0.115 e. The molecule has 0 amide bonds. The number of nitrogens with zero attached hydrogens (tertiary/aromatic N) is 2. The Bertz CT molecular complexity index is 792. The van der Waals surface area contributed by atoms with Crippen molar-refractivity contribution in [2.24, 2.45) is 0 Å². The second kappa shape index (κ2) is 5.31. The van der Waals surface area contributed by atoms with Crippen LogP contribution in [-0.4, -0.2) is 16.5 Å². The number of hydrogen-bond acceptors (Lipinski definition) is 4. The van der Waals surface area contributed by atoms with Crippen LogP contribution >= 0.6 is 11.3 Å². The first-order chi connectivity index (χ1) is 10.4. The van der Waals surface area contributed by atoms with Crippen molar-refractivity contribution in [3.63, 3.8) is 0 Å². The van der Waals surface area contributed by atoms with E-state index >= 15 is 0 Å². The highest BCUT2D eigenvalue weighted by molar-refractivity contribution is 7.18. The number of fused-ring (bicyclic) bond motifs is 1. The lowest BCUT2D eigenvalue weighted by molar-refractivity contribution is 0.298. The fraction of sp³-hybridized carbons (Fsp3) is 0.118. The van der Waals surface area contributed by atoms with E-state index in [-0.39, 0.29) is 0 Å². The van der Waals surface area contributed by atoms with E-state index in [1.165, 1.54) is 15.8 Å². The summed E-state index contributed by atoms with van der Waals surface area (Å²) in [6.45, 7) is 1.72. The molecule has 0 saturated heterocycles. The number of rotatable bonds is 3. The highest BCUT2D eigenvalue weighted by Crippen LogP contribution is 2.28. The second-order valence-electron chi connectivity index (χ2n) is 5.03. The summed E-state index contributed by atoms with van der Waals surface area (Å²) in [5, 5.41) is 3.21. The molecule has 4 heteroatoms. The predicted molar refractivity (Wildman–Crippen MR) is 87.7 cm³/mol. The quantitative estimate of drug-likeness (QED) is 0.796. The molecule has 3 nitrogen and oxygen atoms in total. The van der Waals surface area contributed by atoms with Crippen LogP contribution in [0.1, 0.15) is 5.01 Å². The molecule has 1 aromatic heterocycles. The Kier molecular flexibility index (Phi) is 3.18. The van der Waals surface area contributed by atoms with E-state index in [1.807, 2.05) is 6.07 Å². The minimum atomic E-state index is 0.816. The van der Waals surface area contributed by atoms with E-state index in [1.54, 1.807) is 11.3 Å². The average molecular weight is 293 g/mol. The van der Waals surface area contributed by atoms with Crippen LogP contribution in [-0.2, 0) is 6.54 Å². The van der Waals surface area contributed by atoms with Gasteiger partial charge in [0.1, 0.15) is 5.01 Å². The third-order valence-electron chi connectivity index (χ3n) is 3.54. The summed E-state index contributed by atoms with van der Waals surface area (Å²) < 4.78 is 1.24. The Labute approximate surface area is 127 Å². The zero-order valence-corrected chi connectivity index (χ0v) is 12.3. The second-order valence-corrected chi connectivity index (χ2v) is 6.15. The Morgan fingerprint density at radius 2 is 2.00 bits per heavy atom. The number of nitrogens with one attached hydrogen (secondary N) is 1. The summed E-state index contributed by atoms with van der Waals surface area (Å²) in [5.74, 6) is 0. The van der Waals surface area contributed by atoms with Crippen LogP contribution in [0.15, 0.2) is 60.8 Å². The van der Waals surface area contributed by atoms with Gasteiger partial charge < -0.3 is 5.01 Å². The SMILES string of the molecule is C1=CN(Cc2nc3ccc(-c4ccccc4)cc3s2)NC1. The maximum Gasteiger partial charge on any atom is 0.115 e. The molecule has 0 spiro atoms. The third kappa shape index (κ3) is 2.55. The molecule has 0 unspecified atom stereocenters. The lowest BCUT2D eigenvalue weighted by Crippen LogP contribution is -2.27. The number of benzene rings is 2. The Morgan fingerprint density at radius 1 is 1.10 bits per heavy atom. The van der Waals surface area contributed by atoms with Crippen LogP contribution in [0, 0.1) is 0 Å². The fourth-order valence-corrected chi connectivity index (χ4v) is 3.51. The number of thiazole rings is 1. The van der Waals surface area contributed by atoms with Gasteiger partial charge in [-0.25, -0.2) is 10.4 Å². The first-order valence-electron chi connectivity index (χ1n) is 7.00. The van der Waals surface area contributed by atoms with Crippen LogP contribution in [0.5, 0.6) is 0 Å². The van der Waals surface area contributed by atoms with Crippen LogP contribution < -0.4 is 5.43 Å². The zero-order valence-electron chi connectivity index (χ0n) is 11.5. The van der Waals surface area contributed by atoms with E-state index < -0.39 is 0 Å². The third-order valence-corrected chi connectivity index (χ3v) is 4.55. The standard InChI is InChI=1S/C17H15N3S/c1-2-5-13(6-3-1)14-7-8-15-16(11-14)21-17(19-15)12-20-10-4-9-18-20/h1-8,10-11,18H,9,12H2. The molecule has 4 rings (SSSR count). The Morgan fingerprint density at radius 3 is 2.81 bits per heavy atom. The lowest BCUT2D eigenvalue weighted by atomic mass is 10.1. The van der Waals surface area contributed by atoms with Gasteiger partial charge in [-0.1, -0.05) is 42.5 Å². The van der Waals surface area contributed by atoms with Gasteiger partial charge in [-0.15, -0.1) is 11.3 Å². The first kappa shape index (κ1) is 12.6. The largest absolute Gasteiger partial charge is 0.309 e. The highest BCUT2D eigenvalue weighted by atomic mass is 32.1. The lowest BCUT2D eigenvalue weighted by Gasteiger charge is -2.13. The van der Waals surface area contributed by atoms with Crippen LogP contribution in [0.4, 0.5) is 0 Å². The van der Waals surface area contributed by atoms with E-state index in [0.29, 0.717) is 0 Å². The fourth-order valence-electron chi connectivity index (χ4n) is 2.51. The molecule has 3 aromatic rings. The van der Waals surface area contributed by atoms with Gasteiger partial charge in [0.15, 0.2) is 0 Å². The van der Waals surface area contributed by atoms with E-state index in [4.69, 9.17) is 4.98 Å². The summed E-state index contributed by atoms with van der Waals surface area (Å²) in [6.07, 6.45) is 4.18. The zero-order chi connectivity index (χ0) is 14.1. The highest BCUT2D eigenvalue weighted by Gasteiger charge is 2.10. The van der Waals surface area contributed by atoms with Crippen LogP contribution in [0.3, 0.4) is 0 Å². The van der Waals surface area contributed by atoms with Crippen LogP contribution in [0.25, 0.3) is 21.3 Å². The molecular weight excluding hydrogens is 278 g/mol. The summed E-state index contributed by atoms with van der Waals surface area (Å²) >= 11 is 1.77. The molecule has 21 heavy (non-hydrogen) atoms. The molecule has 0 radical (unpaired) electrons. The molecule has 104 valence electrons. The van der Waals surface area contributed by atoms with E-state index in [0.717, 1.165) is 23.6 Å². The van der Waals surface area contributed by atoms with Crippen molar-refractivity contribution in [2.45, 2.75) is 6.54 Å². The van der Waals surface area contributed by atoms with E-state index in [9.17, 15) is 0 Å². The molecule has 0 aliphatic carbocycles. The monoisotopic (exact) mass is 293 g/mol. The van der Waals surface area contributed by atoms with E-state index in [2.05, 4.69) is 65.2 Å². The average Bonchev–Trinajstić information content (AvgIpc) is 3.16. The van der Waals surface area contributed by atoms with Crippen molar-refractivity contribution in [3.8, 4) is 11.1 Å². The number of aromatic nitrogens is 1. The molecular formula is C17H15N3S. The van der Waals surface area contributed by atoms with Crippen molar-refractivity contribution < 1.29 is 0 Å². The van der Waals surface area contributed by atoms with Crippen molar-refractivity contribution in [1.29, 1.82) is 0 Å². The number of hydrazine groups is 1. The molecule has 2 aromatic carbocycles. The molecule has 0 fully saturated rings. The molecule has 2 heterocycles. The van der Waals surface area contributed by atoms with Gasteiger partial charge in [0, 0.05) is 12.7 Å². The molecule has 1 aliphatic rings. The number of hydrogen-bond donors (Lipinski definition) is 1. The van der Waals surface area contributed by atoms with Crippen molar-refractivity contribution >= 4 is 21.6 Å². The topological polar surface area (TPSA) is 28.2 Å². The van der Waals surface area contributed by atoms with Gasteiger partial charge in [0.05, 0.1) is 16.8 Å². The van der Waals surface area contributed by atoms with Gasteiger partial charge in [-0.2, -0.15) is 0 Å². The van der Waals surface area contributed by atoms with Gasteiger partial charge in [-0.05, 0) is 23.3 Å². The summed E-state index contributed by atoms with van der Waals surface area (Å²) in [4.78, 5) is 4.71. The minimum Gasteiger partial charge on any atom is -0.309 e. The Balaban J connectivity index is 1.66. The molecule has 0 saturated carbocycles. The van der Waals surface area contributed by atoms with Crippen molar-refractivity contribution in [2.75, 3.05) is 6.54 Å². The maximum atomic E-state index is 4.71. The van der Waals surface area contributed by atoms with Gasteiger partial charge in [-0.3, -0.25) is 0 Å². The molecule has 1 N–H and O–H groups in total. The predicted octanol–water partition coefficient (Wildman–Crippen LogP) is 3.80. The summed E-state index contributed by atoms with van der Waals surface area (Å²) in [6, 6.07) is 17.0. The first-order valence-corrected chi connectivity index (χ1v) is 7.82. The molecule has 0 atom stereocenters. The van der Waals surface area contributed by atoms with Gasteiger partial charge in [0.2, 0.25) is 0 Å². The van der Waals surface area contributed by atoms with Crippen LogP contribution in [0.2, 0.25) is 0 Å². The maximum absolute atomic E-state index is 4.71. The molecule has 1 aliphatic heterocycles. The normalized spacial score (nSPS) is 14.2. The summed E-state index contributed by atoms with van der Waals surface area (Å²) in [7, 11) is 0.